The van der Waals surface area contributed by atoms with E-state index >= 15 is 0 Å². The van der Waals surface area contributed by atoms with Crippen molar-refractivity contribution in [1.29, 1.82) is 0 Å². The van der Waals surface area contributed by atoms with Crippen LogP contribution in [0.3, 0.4) is 0 Å². The number of carboxylic acids is 1. The maximum Gasteiger partial charge on any atom is 0.343 e. The third-order valence-corrected chi connectivity index (χ3v) is 8.42. The Kier molecular flexibility index (Phi) is 18.2. The number of hydrogen-bond acceptors (Lipinski definition) is 5. The molecule has 0 radical (unpaired) electrons. The number of para-hydroxylation sites is 1. The summed E-state index contributed by atoms with van der Waals surface area (Å²) in [5.41, 5.74) is 2.36. The van der Waals surface area contributed by atoms with Gasteiger partial charge in [0.05, 0.1) is 24.3 Å². The van der Waals surface area contributed by atoms with Crippen molar-refractivity contribution >= 4 is 11.9 Å². The fourth-order valence-corrected chi connectivity index (χ4v) is 5.25. The van der Waals surface area contributed by atoms with Gasteiger partial charge in [-0.25, -0.2) is 9.59 Å². The molecule has 0 heterocycles. The van der Waals surface area contributed by atoms with Crippen LogP contribution in [0.1, 0.15) is 112 Å². The lowest BCUT2D eigenvalue weighted by atomic mass is 9.99. The average Bonchev–Trinajstić information content (AvgIpc) is 3.13. The zero-order chi connectivity index (χ0) is 35.1. The number of carbonyl (C=O) groups excluding carboxylic acids is 1. The second-order valence-corrected chi connectivity index (χ2v) is 12.4. The van der Waals surface area contributed by atoms with Crippen molar-refractivity contribution in [2.75, 3.05) is 13.2 Å². The molecule has 0 amide bonds. The van der Waals surface area contributed by atoms with Gasteiger partial charge in [0.1, 0.15) is 17.2 Å². The van der Waals surface area contributed by atoms with Crippen LogP contribution < -0.4 is 14.2 Å². The highest BCUT2D eigenvalue weighted by atomic mass is 16.5. The van der Waals surface area contributed by atoms with Crippen molar-refractivity contribution < 1.29 is 28.9 Å². The second kappa shape index (κ2) is 22.9. The molecule has 0 aliphatic rings. The van der Waals surface area contributed by atoms with Crippen molar-refractivity contribution in [2.45, 2.75) is 91.4 Å². The molecular weight excluding hydrogens is 612 g/mol. The predicted molar refractivity (Wildman–Crippen MR) is 199 cm³/mol. The summed E-state index contributed by atoms with van der Waals surface area (Å²) in [5, 5.41) is 9.67. The van der Waals surface area contributed by atoms with E-state index in [0.717, 1.165) is 30.1 Å². The second-order valence-electron chi connectivity index (χ2n) is 12.4. The quantitative estimate of drug-likeness (QED) is 0.0574. The molecule has 4 aromatic carbocycles. The largest absolute Gasteiger partial charge is 0.494 e. The van der Waals surface area contributed by atoms with Gasteiger partial charge in [-0.1, -0.05) is 121 Å². The summed E-state index contributed by atoms with van der Waals surface area (Å²) >= 11 is 0. The Morgan fingerprint density at radius 1 is 0.633 bits per heavy atom. The highest BCUT2D eigenvalue weighted by molar-refractivity contribution is 5.96. The van der Waals surface area contributed by atoms with Crippen molar-refractivity contribution in [3.8, 4) is 28.4 Å². The first-order valence-corrected chi connectivity index (χ1v) is 18.0. The molecule has 262 valence electrons. The summed E-state index contributed by atoms with van der Waals surface area (Å²) < 4.78 is 17.0. The molecule has 4 rings (SSSR count). The molecule has 0 aromatic heterocycles. The van der Waals surface area contributed by atoms with E-state index in [2.05, 4.69) is 20.8 Å². The number of ether oxygens (including phenoxy) is 3. The first kappa shape index (κ1) is 38.9. The van der Waals surface area contributed by atoms with E-state index < -0.39 is 5.97 Å². The van der Waals surface area contributed by atoms with Crippen LogP contribution in [0, 0.1) is 5.92 Å². The van der Waals surface area contributed by atoms with Gasteiger partial charge in [0.2, 0.25) is 0 Å². The molecule has 1 N–H and O–H groups in total. The maximum absolute atomic E-state index is 11.8. The fraction of sp³-hybridized carbons (Fsp3) is 0.395. The lowest BCUT2D eigenvalue weighted by molar-refractivity contribution is 0.0695. The molecule has 0 bridgehead atoms. The number of benzene rings is 4. The van der Waals surface area contributed by atoms with Gasteiger partial charge in [0.25, 0.3) is 0 Å². The minimum atomic E-state index is -0.935. The third-order valence-electron chi connectivity index (χ3n) is 8.42. The highest BCUT2D eigenvalue weighted by Gasteiger charge is 2.14. The van der Waals surface area contributed by atoms with Gasteiger partial charge in [-0.2, -0.15) is 0 Å². The minimum absolute atomic E-state index is 0.279. The van der Waals surface area contributed by atoms with Gasteiger partial charge in [0.15, 0.2) is 0 Å². The zero-order valence-corrected chi connectivity index (χ0v) is 29.6. The Labute approximate surface area is 293 Å². The van der Waals surface area contributed by atoms with Crippen LogP contribution in [0.5, 0.6) is 17.2 Å². The van der Waals surface area contributed by atoms with Gasteiger partial charge in [-0.15, -0.1) is 0 Å². The summed E-state index contributed by atoms with van der Waals surface area (Å²) in [4.78, 5) is 23.4. The normalized spacial score (nSPS) is 11.2. The standard InChI is InChI=1S/C30H44O4.C13H10O2/c1-4-6-7-8-9-10-11-12-21-34-27-19-20-28(30(31)32)29(23-27)25-15-17-26(18-16-25)33-22-13-14-24(3)5-2;14-13(11-7-3-1-4-8-11)15-12-9-5-2-6-10-12/h15-20,23-24H,4-14,21-22H2,1-3H3,(H,31,32);1-10H. The van der Waals surface area contributed by atoms with Gasteiger partial charge < -0.3 is 19.3 Å². The zero-order valence-electron chi connectivity index (χ0n) is 29.6. The van der Waals surface area contributed by atoms with E-state index in [0.29, 0.717) is 35.8 Å². The van der Waals surface area contributed by atoms with E-state index in [4.69, 9.17) is 14.2 Å². The third kappa shape index (κ3) is 15.0. The lowest BCUT2D eigenvalue weighted by Crippen LogP contribution is -2.07. The van der Waals surface area contributed by atoms with E-state index in [1.54, 1.807) is 36.4 Å². The topological polar surface area (TPSA) is 82.1 Å². The Morgan fingerprint density at radius 3 is 1.84 bits per heavy atom. The highest BCUT2D eigenvalue weighted by Crippen LogP contribution is 2.30. The maximum atomic E-state index is 11.8. The number of aromatic carboxylic acids is 1. The summed E-state index contributed by atoms with van der Waals surface area (Å²) in [6, 6.07) is 30.9. The number of carboxylic acid groups (broad SMARTS) is 1. The molecular formula is C43H54O6. The first-order valence-electron chi connectivity index (χ1n) is 18.0. The Balaban J connectivity index is 0.000000357. The number of rotatable bonds is 20. The molecule has 0 saturated heterocycles. The molecule has 4 aromatic rings. The van der Waals surface area contributed by atoms with Crippen LogP contribution >= 0.6 is 0 Å². The van der Waals surface area contributed by atoms with Crippen LogP contribution in [-0.4, -0.2) is 30.3 Å². The molecule has 0 aliphatic heterocycles. The smallest absolute Gasteiger partial charge is 0.343 e. The average molecular weight is 667 g/mol. The number of carbonyl (C=O) groups is 2. The van der Waals surface area contributed by atoms with E-state index in [1.165, 1.54) is 57.8 Å². The van der Waals surface area contributed by atoms with Crippen molar-refractivity contribution in [2.24, 2.45) is 5.92 Å². The van der Waals surface area contributed by atoms with E-state index in [1.807, 2.05) is 66.7 Å². The molecule has 0 spiro atoms. The summed E-state index contributed by atoms with van der Waals surface area (Å²) in [5.74, 6) is 1.55. The van der Waals surface area contributed by atoms with E-state index in [-0.39, 0.29) is 11.5 Å². The molecule has 49 heavy (non-hydrogen) atoms. The molecule has 6 heteroatoms. The van der Waals surface area contributed by atoms with E-state index in [9.17, 15) is 14.7 Å². The molecule has 1 atom stereocenters. The van der Waals surface area contributed by atoms with Crippen LogP contribution in [0.4, 0.5) is 0 Å². The predicted octanol–water partition coefficient (Wildman–Crippen LogP) is 11.7. The van der Waals surface area contributed by atoms with Crippen molar-refractivity contribution in [1.82, 2.24) is 0 Å². The first-order chi connectivity index (χ1) is 23.9. The van der Waals surface area contributed by atoms with Crippen molar-refractivity contribution in [3.63, 3.8) is 0 Å². The number of hydrogen-bond donors (Lipinski definition) is 1. The SMILES string of the molecule is CCCCCCCCCCOc1ccc(C(=O)O)c(-c2ccc(OCCCC(C)CC)cc2)c1.O=C(Oc1ccccc1)c1ccccc1. The molecule has 0 aliphatic carbocycles. The minimum Gasteiger partial charge on any atom is -0.494 e. The summed E-state index contributed by atoms with van der Waals surface area (Å²) in [7, 11) is 0. The molecule has 0 saturated carbocycles. The Hall–Kier alpha value is -4.58. The van der Waals surface area contributed by atoms with Gasteiger partial charge in [0, 0.05) is 0 Å². The summed E-state index contributed by atoms with van der Waals surface area (Å²) in [6.45, 7) is 8.08. The van der Waals surface area contributed by atoms with Crippen LogP contribution in [-0.2, 0) is 0 Å². The van der Waals surface area contributed by atoms with Gasteiger partial charge in [-0.3, -0.25) is 0 Å². The van der Waals surface area contributed by atoms with Crippen LogP contribution in [0.25, 0.3) is 11.1 Å². The van der Waals surface area contributed by atoms with Gasteiger partial charge >= 0.3 is 11.9 Å². The fourth-order valence-electron chi connectivity index (χ4n) is 5.25. The lowest BCUT2D eigenvalue weighted by Gasteiger charge is -2.12. The Bertz CT molecular complexity index is 1480. The van der Waals surface area contributed by atoms with Crippen molar-refractivity contribution in [3.05, 3.63) is 114 Å². The molecule has 0 fully saturated rings. The number of esters is 1. The van der Waals surface area contributed by atoms with Crippen LogP contribution in [0.15, 0.2) is 103 Å². The molecule has 6 nitrogen and oxygen atoms in total. The summed E-state index contributed by atoms with van der Waals surface area (Å²) in [6.07, 6.45) is 13.4. The van der Waals surface area contributed by atoms with Crippen LogP contribution in [0.2, 0.25) is 0 Å². The molecule has 1 unspecified atom stereocenters. The Morgan fingerprint density at radius 2 is 1.20 bits per heavy atom. The number of unbranched alkanes of at least 4 members (excludes halogenated alkanes) is 7. The monoisotopic (exact) mass is 666 g/mol. The van der Waals surface area contributed by atoms with Gasteiger partial charge in [-0.05, 0) is 90.9 Å².